The highest BCUT2D eigenvalue weighted by Gasteiger charge is 2.13. The van der Waals surface area contributed by atoms with E-state index in [1.807, 2.05) is 0 Å². The van der Waals surface area contributed by atoms with Crippen molar-refractivity contribution in [2.75, 3.05) is 19.6 Å². The van der Waals surface area contributed by atoms with Crippen molar-refractivity contribution in [2.24, 2.45) is 0 Å². The zero-order chi connectivity index (χ0) is 9.80. The highest BCUT2D eigenvalue weighted by atomic mass is 79.9. The molecule has 0 bridgehead atoms. The van der Waals surface area contributed by atoms with E-state index < -0.39 is 0 Å². The van der Waals surface area contributed by atoms with Gasteiger partial charge in [0.15, 0.2) is 0 Å². The first-order chi connectivity index (χ1) is 6.86. The standard InChI is InChI=1S/C11H15BrN2/c12-11-4-2-1-3-9(11)7-10-8-13-5-6-14-10/h1-4,10,13-14H,5-8H2/t10-/m1/s1. The maximum atomic E-state index is 3.57. The van der Waals surface area contributed by atoms with Crippen molar-refractivity contribution in [3.05, 3.63) is 34.3 Å². The lowest BCUT2D eigenvalue weighted by molar-refractivity contribution is 0.416. The van der Waals surface area contributed by atoms with Crippen molar-refractivity contribution in [1.29, 1.82) is 0 Å². The van der Waals surface area contributed by atoms with Gasteiger partial charge in [0, 0.05) is 30.1 Å². The fourth-order valence-corrected chi connectivity index (χ4v) is 2.23. The van der Waals surface area contributed by atoms with Crippen LogP contribution in [0.2, 0.25) is 0 Å². The molecule has 2 rings (SSSR count). The molecule has 1 aliphatic rings. The Morgan fingerprint density at radius 3 is 2.86 bits per heavy atom. The number of rotatable bonds is 2. The van der Waals surface area contributed by atoms with E-state index in [0.717, 1.165) is 26.1 Å². The number of halogens is 1. The lowest BCUT2D eigenvalue weighted by Crippen LogP contribution is -2.49. The van der Waals surface area contributed by atoms with Gasteiger partial charge in [-0.15, -0.1) is 0 Å². The van der Waals surface area contributed by atoms with E-state index in [2.05, 4.69) is 50.8 Å². The third-order valence-electron chi connectivity index (χ3n) is 2.55. The lowest BCUT2D eigenvalue weighted by Gasteiger charge is -2.24. The Balaban J connectivity index is 1.99. The van der Waals surface area contributed by atoms with E-state index in [0.29, 0.717) is 6.04 Å². The van der Waals surface area contributed by atoms with Crippen LogP contribution in [0, 0.1) is 0 Å². The predicted molar refractivity (Wildman–Crippen MR) is 62.5 cm³/mol. The van der Waals surface area contributed by atoms with Crippen LogP contribution in [0.15, 0.2) is 28.7 Å². The third kappa shape index (κ3) is 2.56. The highest BCUT2D eigenvalue weighted by molar-refractivity contribution is 9.10. The van der Waals surface area contributed by atoms with E-state index in [9.17, 15) is 0 Å². The van der Waals surface area contributed by atoms with Crippen molar-refractivity contribution in [3.63, 3.8) is 0 Å². The second-order valence-electron chi connectivity index (χ2n) is 3.65. The van der Waals surface area contributed by atoms with Gasteiger partial charge in [-0.2, -0.15) is 0 Å². The van der Waals surface area contributed by atoms with E-state index in [1.54, 1.807) is 0 Å². The smallest absolute Gasteiger partial charge is 0.0233 e. The molecule has 0 saturated carbocycles. The topological polar surface area (TPSA) is 24.1 Å². The normalized spacial score (nSPS) is 22.2. The van der Waals surface area contributed by atoms with Gasteiger partial charge in [-0.05, 0) is 18.1 Å². The molecule has 1 aromatic rings. The molecule has 0 unspecified atom stereocenters. The maximum Gasteiger partial charge on any atom is 0.0233 e. The average Bonchev–Trinajstić information content (AvgIpc) is 2.23. The number of hydrogen-bond acceptors (Lipinski definition) is 2. The zero-order valence-electron chi connectivity index (χ0n) is 8.09. The van der Waals surface area contributed by atoms with Crippen molar-refractivity contribution in [3.8, 4) is 0 Å². The Kier molecular flexibility index (Phi) is 3.56. The molecule has 2 nitrogen and oxygen atoms in total. The fraction of sp³-hybridized carbons (Fsp3) is 0.455. The molecular formula is C11H15BrN2. The SMILES string of the molecule is Brc1ccccc1C[C@@H]1CNCCN1. The molecule has 0 amide bonds. The summed E-state index contributed by atoms with van der Waals surface area (Å²) >= 11 is 3.57. The van der Waals surface area contributed by atoms with E-state index in [1.165, 1.54) is 10.0 Å². The van der Waals surface area contributed by atoms with Crippen molar-refractivity contribution in [1.82, 2.24) is 10.6 Å². The minimum atomic E-state index is 0.572. The first-order valence-corrected chi connectivity index (χ1v) is 5.83. The molecule has 1 aliphatic heterocycles. The minimum absolute atomic E-state index is 0.572. The predicted octanol–water partition coefficient (Wildman–Crippen LogP) is 1.55. The number of nitrogens with one attached hydrogen (secondary N) is 2. The van der Waals surface area contributed by atoms with Crippen LogP contribution in [-0.2, 0) is 6.42 Å². The zero-order valence-corrected chi connectivity index (χ0v) is 9.68. The summed E-state index contributed by atoms with van der Waals surface area (Å²) in [4.78, 5) is 0. The second kappa shape index (κ2) is 4.91. The van der Waals surface area contributed by atoms with Crippen molar-refractivity contribution < 1.29 is 0 Å². The van der Waals surface area contributed by atoms with Gasteiger partial charge in [-0.25, -0.2) is 0 Å². The van der Waals surface area contributed by atoms with Crippen LogP contribution in [0.3, 0.4) is 0 Å². The van der Waals surface area contributed by atoms with E-state index in [-0.39, 0.29) is 0 Å². The quantitative estimate of drug-likeness (QED) is 0.837. The Labute approximate surface area is 93.2 Å². The van der Waals surface area contributed by atoms with Crippen LogP contribution < -0.4 is 10.6 Å². The summed E-state index contributed by atoms with van der Waals surface area (Å²) in [5.41, 5.74) is 1.38. The average molecular weight is 255 g/mol. The Hall–Kier alpha value is -0.380. The summed E-state index contributed by atoms with van der Waals surface area (Å²) in [5.74, 6) is 0. The van der Waals surface area contributed by atoms with Gasteiger partial charge in [-0.3, -0.25) is 0 Å². The van der Waals surface area contributed by atoms with Gasteiger partial charge < -0.3 is 10.6 Å². The Bertz CT molecular complexity index is 295. The second-order valence-corrected chi connectivity index (χ2v) is 4.51. The lowest BCUT2D eigenvalue weighted by atomic mass is 10.1. The first kappa shape index (κ1) is 10.1. The van der Waals surface area contributed by atoms with Gasteiger partial charge in [0.1, 0.15) is 0 Å². The molecule has 1 aromatic carbocycles. The monoisotopic (exact) mass is 254 g/mol. The van der Waals surface area contributed by atoms with E-state index >= 15 is 0 Å². The third-order valence-corrected chi connectivity index (χ3v) is 3.32. The van der Waals surface area contributed by atoms with E-state index in [4.69, 9.17) is 0 Å². The summed E-state index contributed by atoms with van der Waals surface area (Å²) in [6.45, 7) is 3.24. The molecule has 0 radical (unpaired) electrons. The molecule has 1 atom stereocenters. The van der Waals surface area contributed by atoms with Crippen LogP contribution in [-0.4, -0.2) is 25.7 Å². The van der Waals surface area contributed by atoms with Crippen molar-refractivity contribution in [2.45, 2.75) is 12.5 Å². The first-order valence-electron chi connectivity index (χ1n) is 5.04. The van der Waals surface area contributed by atoms with Crippen LogP contribution >= 0.6 is 15.9 Å². The number of hydrogen-bond donors (Lipinski definition) is 2. The van der Waals surface area contributed by atoms with Gasteiger partial charge in [-0.1, -0.05) is 34.1 Å². The summed E-state index contributed by atoms with van der Waals surface area (Å²) in [6, 6.07) is 9.00. The summed E-state index contributed by atoms with van der Waals surface area (Å²) in [5, 5.41) is 6.91. The molecule has 1 fully saturated rings. The molecule has 14 heavy (non-hydrogen) atoms. The van der Waals surface area contributed by atoms with Gasteiger partial charge in [0.2, 0.25) is 0 Å². The molecular weight excluding hydrogens is 240 g/mol. The molecule has 1 saturated heterocycles. The minimum Gasteiger partial charge on any atom is -0.314 e. The molecule has 76 valence electrons. The van der Waals surface area contributed by atoms with Gasteiger partial charge in [0.25, 0.3) is 0 Å². The van der Waals surface area contributed by atoms with Crippen LogP contribution in [0.5, 0.6) is 0 Å². The fourth-order valence-electron chi connectivity index (χ4n) is 1.79. The largest absolute Gasteiger partial charge is 0.314 e. The summed E-state index contributed by atoms with van der Waals surface area (Å²) < 4.78 is 1.22. The van der Waals surface area contributed by atoms with Crippen molar-refractivity contribution >= 4 is 15.9 Å². The van der Waals surface area contributed by atoms with Crippen LogP contribution in [0.25, 0.3) is 0 Å². The molecule has 0 spiro atoms. The van der Waals surface area contributed by atoms with Crippen LogP contribution in [0.4, 0.5) is 0 Å². The molecule has 0 aliphatic carbocycles. The molecule has 0 aromatic heterocycles. The highest BCUT2D eigenvalue weighted by Crippen LogP contribution is 2.17. The molecule has 1 heterocycles. The maximum absolute atomic E-state index is 3.57. The van der Waals surface area contributed by atoms with Gasteiger partial charge >= 0.3 is 0 Å². The Morgan fingerprint density at radius 2 is 2.14 bits per heavy atom. The molecule has 2 N–H and O–H groups in total. The summed E-state index contributed by atoms with van der Waals surface area (Å²) in [7, 11) is 0. The summed E-state index contributed by atoms with van der Waals surface area (Å²) in [6.07, 6.45) is 1.09. The number of piperazine rings is 1. The Morgan fingerprint density at radius 1 is 1.29 bits per heavy atom. The van der Waals surface area contributed by atoms with Crippen LogP contribution in [0.1, 0.15) is 5.56 Å². The number of benzene rings is 1. The van der Waals surface area contributed by atoms with Gasteiger partial charge in [0.05, 0.1) is 0 Å². The molecule has 3 heteroatoms.